The Morgan fingerprint density at radius 2 is 2.20 bits per heavy atom. The molecular weight excluding hydrogens is 305 g/mol. The molecule has 78 valence electrons. The maximum absolute atomic E-state index is 5.76. The minimum absolute atomic E-state index is 0.662. The van der Waals surface area contributed by atoms with Crippen molar-refractivity contribution in [3.8, 4) is 11.4 Å². The van der Waals surface area contributed by atoms with E-state index in [-0.39, 0.29) is 0 Å². The number of nitrogens with zero attached hydrogens (tertiary/aromatic N) is 2. The molecule has 0 amide bonds. The van der Waals surface area contributed by atoms with Crippen molar-refractivity contribution in [2.24, 2.45) is 0 Å². The summed E-state index contributed by atoms with van der Waals surface area (Å²) in [5.74, 6) is 0.732. The summed E-state index contributed by atoms with van der Waals surface area (Å²) in [6.45, 7) is 0. The van der Waals surface area contributed by atoms with E-state index >= 15 is 0 Å². The highest BCUT2D eigenvalue weighted by atomic mass is 127. The van der Waals surface area contributed by atoms with Gasteiger partial charge in [0, 0.05) is 24.0 Å². The molecular formula is C10H10IN3O. The predicted octanol–water partition coefficient (Wildman–Crippen LogP) is 2.07. The molecule has 0 unspecified atom stereocenters. The third kappa shape index (κ3) is 2.23. The highest BCUT2D eigenvalue weighted by molar-refractivity contribution is 14.1. The van der Waals surface area contributed by atoms with Gasteiger partial charge >= 0.3 is 0 Å². The lowest BCUT2D eigenvalue weighted by Gasteiger charge is -2.06. The molecule has 0 fully saturated rings. The molecule has 15 heavy (non-hydrogen) atoms. The van der Waals surface area contributed by atoms with E-state index in [1.165, 1.54) is 0 Å². The summed E-state index contributed by atoms with van der Waals surface area (Å²) in [6.07, 6.45) is 3.71. The molecule has 0 spiro atoms. The normalized spacial score (nSPS) is 10.3. The lowest BCUT2D eigenvalue weighted by molar-refractivity contribution is 0.414. The van der Waals surface area contributed by atoms with E-state index in [1.54, 1.807) is 24.1 Å². The van der Waals surface area contributed by atoms with Crippen molar-refractivity contribution in [2.45, 2.75) is 0 Å². The largest absolute Gasteiger partial charge is 0.497 e. The van der Waals surface area contributed by atoms with Crippen LogP contribution in [0.2, 0.25) is 0 Å². The number of rotatable bonds is 2. The maximum atomic E-state index is 5.76. The Morgan fingerprint density at radius 3 is 2.80 bits per heavy atom. The van der Waals surface area contributed by atoms with Crippen LogP contribution in [0.1, 0.15) is 0 Å². The Hall–Kier alpha value is -1.24. The molecule has 1 heterocycles. The number of halogens is 1. The maximum Gasteiger partial charge on any atom is 0.123 e. The van der Waals surface area contributed by atoms with Gasteiger partial charge in [-0.2, -0.15) is 5.10 Å². The van der Waals surface area contributed by atoms with Crippen LogP contribution in [-0.4, -0.2) is 16.9 Å². The van der Waals surface area contributed by atoms with Gasteiger partial charge in [-0.1, -0.05) is 0 Å². The number of nitrogen functional groups attached to an aromatic ring is 1. The Kier molecular flexibility index (Phi) is 2.81. The molecule has 0 aliphatic heterocycles. The average molecular weight is 315 g/mol. The van der Waals surface area contributed by atoms with Gasteiger partial charge in [-0.25, -0.2) is 4.68 Å². The lowest BCUT2D eigenvalue weighted by Crippen LogP contribution is -1.97. The second kappa shape index (κ2) is 4.09. The van der Waals surface area contributed by atoms with Gasteiger partial charge in [0.15, 0.2) is 0 Å². The van der Waals surface area contributed by atoms with Crippen LogP contribution in [0.25, 0.3) is 5.69 Å². The molecule has 0 atom stereocenters. The molecule has 0 bridgehead atoms. The van der Waals surface area contributed by atoms with Gasteiger partial charge in [0.05, 0.1) is 22.6 Å². The highest BCUT2D eigenvalue weighted by Gasteiger charge is 2.02. The van der Waals surface area contributed by atoms with Crippen molar-refractivity contribution in [2.75, 3.05) is 12.8 Å². The molecule has 2 rings (SSSR count). The van der Waals surface area contributed by atoms with Crippen molar-refractivity contribution >= 4 is 28.3 Å². The third-order valence-corrected chi connectivity index (χ3v) is 2.52. The molecule has 0 aliphatic rings. The van der Waals surface area contributed by atoms with Crippen LogP contribution in [0.5, 0.6) is 5.75 Å². The number of nitrogens with two attached hydrogens (primary N) is 1. The smallest absolute Gasteiger partial charge is 0.123 e. The fraction of sp³-hybridized carbons (Fsp3) is 0.100. The molecule has 0 radical (unpaired) electrons. The number of aromatic nitrogens is 2. The van der Waals surface area contributed by atoms with Gasteiger partial charge in [0.1, 0.15) is 5.75 Å². The Bertz CT molecular complexity index is 481. The zero-order valence-electron chi connectivity index (χ0n) is 8.14. The van der Waals surface area contributed by atoms with Gasteiger partial charge in [-0.05, 0) is 28.7 Å². The topological polar surface area (TPSA) is 53.1 Å². The summed E-state index contributed by atoms with van der Waals surface area (Å²) in [4.78, 5) is 0. The molecule has 0 aliphatic carbocycles. The van der Waals surface area contributed by atoms with Gasteiger partial charge in [-0.15, -0.1) is 0 Å². The van der Waals surface area contributed by atoms with E-state index in [1.807, 2.05) is 18.3 Å². The van der Waals surface area contributed by atoms with Crippen molar-refractivity contribution in [3.05, 3.63) is 34.2 Å². The van der Waals surface area contributed by atoms with Crippen molar-refractivity contribution in [3.63, 3.8) is 0 Å². The van der Waals surface area contributed by atoms with E-state index in [0.29, 0.717) is 5.69 Å². The van der Waals surface area contributed by atoms with Crippen LogP contribution in [0.15, 0.2) is 30.6 Å². The number of anilines is 1. The standard InChI is InChI=1S/C10H10IN3O/c1-15-10-3-8(12)2-9(4-10)14-6-7(11)5-13-14/h2-6H,12H2,1H3. The molecule has 0 saturated heterocycles. The van der Waals surface area contributed by atoms with Gasteiger partial charge in [0.2, 0.25) is 0 Å². The molecule has 2 aromatic rings. The fourth-order valence-corrected chi connectivity index (χ4v) is 1.69. The Labute approximate surface area is 101 Å². The summed E-state index contributed by atoms with van der Waals surface area (Å²) >= 11 is 2.21. The second-order valence-corrected chi connectivity index (χ2v) is 4.31. The van der Waals surface area contributed by atoms with Crippen LogP contribution in [0, 0.1) is 3.57 Å². The minimum atomic E-state index is 0.662. The first-order chi connectivity index (χ1) is 7.19. The van der Waals surface area contributed by atoms with Gasteiger partial charge in [-0.3, -0.25) is 0 Å². The van der Waals surface area contributed by atoms with Gasteiger partial charge in [0.25, 0.3) is 0 Å². The molecule has 0 saturated carbocycles. The Balaban J connectivity index is 2.48. The summed E-state index contributed by atoms with van der Waals surface area (Å²) in [7, 11) is 1.62. The summed E-state index contributed by atoms with van der Waals surface area (Å²) in [5.41, 5.74) is 7.32. The highest BCUT2D eigenvalue weighted by Crippen LogP contribution is 2.21. The van der Waals surface area contributed by atoms with Gasteiger partial charge < -0.3 is 10.5 Å². The third-order valence-electron chi connectivity index (χ3n) is 1.96. The van der Waals surface area contributed by atoms with E-state index in [4.69, 9.17) is 10.5 Å². The second-order valence-electron chi connectivity index (χ2n) is 3.07. The monoisotopic (exact) mass is 315 g/mol. The predicted molar refractivity (Wildman–Crippen MR) is 67.2 cm³/mol. The fourth-order valence-electron chi connectivity index (χ4n) is 1.30. The summed E-state index contributed by atoms with van der Waals surface area (Å²) in [6, 6.07) is 5.52. The Morgan fingerprint density at radius 1 is 1.40 bits per heavy atom. The summed E-state index contributed by atoms with van der Waals surface area (Å²) in [5, 5.41) is 4.20. The molecule has 1 aromatic heterocycles. The quantitative estimate of drug-likeness (QED) is 0.682. The van der Waals surface area contributed by atoms with Crippen LogP contribution in [0.3, 0.4) is 0 Å². The molecule has 2 N–H and O–H groups in total. The number of hydrogen-bond donors (Lipinski definition) is 1. The molecule has 5 heteroatoms. The van der Waals surface area contributed by atoms with Crippen molar-refractivity contribution < 1.29 is 4.74 Å². The first-order valence-electron chi connectivity index (χ1n) is 4.34. The van der Waals surface area contributed by atoms with Crippen LogP contribution in [0.4, 0.5) is 5.69 Å². The average Bonchev–Trinajstić information content (AvgIpc) is 2.64. The lowest BCUT2D eigenvalue weighted by atomic mass is 10.2. The zero-order chi connectivity index (χ0) is 10.8. The SMILES string of the molecule is COc1cc(N)cc(-n2cc(I)cn2)c1. The van der Waals surface area contributed by atoms with Crippen molar-refractivity contribution in [1.82, 2.24) is 9.78 Å². The molecule has 4 nitrogen and oxygen atoms in total. The zero-order valence-corrected chi connectivity index (χ0v) is 10.3. The van der Waals surface area contributed by atoms with Crippen molar-refractivity contribution in [1.29, 1.82) is 0 Å². The van der Waals surface area contributed by atoms with E-state index in [2.05, 4.69) is 27.7 Å². The van der Waals surface area contributed by atoms with Crippen LogP contribution in [-0.2, 0) is 0 Å². The van der Waals surface area contributed by atoms with E-state index in [0.717, 1.165) is 15.0 Å². The number of ether oxygens (including phenoxy) is 1. The van der Waals surface area contributed by atoms with Crippen LogP contribution >= 0.6 is 22.6 Å². The number of benzene rings is 1. The number of hydrogen-bond acceptors (Lipinski definition) is 3. The van der Waals surface area contributed by atoms with E-state index in [9.17, 15) is 0 Å². The minimum Gasteiger partial charge on any atom is -0.497 e. The van der Waals surface area contributed by atoms with Crippen LogP contribution < -0.4 is 10.5 Å². The summed E-state index contributed by atoms with van der Waals surface area (Å²) < 4.78 is 7.98. The first kappa shape index (κ1) is 10.3. The van der Waals surface area contributed by atoms with E-state index < -0.39 is 0 Å². The first-order valence-corrected chi connectivity index (χ1v) is 5.42. The number of methoxy groups -OCH3 is 1. The molecule has 1 aromatic carbocycles.